The van der Waals surface area contributed by atoms with E-state index in [2.05, 4.69) is 4.99 Å². The number of halogens is 1. The lowest BCUT2D eigenvalue weighted by Crippen LogP contribution is -2.39. The highest BCUT2D eigenvalue weighted by molar-refractivity contribution is 7.89. The number of fused-ring (bicyclic) bond motifs is 1. The Kier molecular flexibility index (Phi) is 3.26. The highest BCUT2D eigenvalue weighted by Gasteiger charge is 2.42. The summed E-state index contributed by atoms with van der Waals surface area (Å²) in [6.07, 6.45) is 0. The molecule has 0 radical (unpaired) electrons. The molecule has 0 saturated heterocycles. The minimum absolute atomic E-state index is 0.00637. The molecule has 22 heavy (non-hydrogen) atoms. The summed E-state index contributed by atoms with van der Waals surface area (Å²) in [7, 11) is -3.81. The van der Waals surface area contributed by atoms with Gasteiger partial charge in [-0.05, 0) is 35.9 Å². The first-order valence-corrected chi connectivity index (χ1v) is 8.16. The fourth-order valence-electron chi connectivity index (χ4n) is 2.43. The molecule has 5 N–H and O–H groups in total. The van der Waals surface area contributed by atoms with Crippen LogP contribution >= 0.6 is 11.6 Å². The number of hydrogen-bond donors (Lipinski definition) is 3. The molecule has 1 aliphatic rings. The maximum absolute atomic E-state index is 11.3. The van der Waals surface area contributed by atoms with Crippen molar-refractivity contribution < 1.29 is 13.5 Å². The van der Waals surface area contributed by atoms with Crippen LogP contribution in [0.1, 0.15) is 11.1 Å². The standard InChI is InChI=1S/C14H12ClN3O3S/c15-9-3-6-12-11(7-9)14(19,13(16)18-12)8-1-4-10(5-2-8)22(17,20)21/h1-7,19H,(H2,16,18)(H2,17,20,21). The smallest absolute Gasteiger partial charge is 0.238 e. The fraction of sp³-hybridized carbons (Fsp3) is 0.0714. The maximum atomic E-state index is 11.3. The Balaban J connectivity index is 2.16. The minimum atomic E-state index is -3.81. The van der Waals surface area contributed by atoms with Crippen LogP contribution in [0, 0.1) is 0 Å². The zero-order valence-corrected chi connectivity index (χ0v) is 12.8. The number of rotatable bonds is 2. The summed E-state index contributed by atoms with van der Waals surface area (Å²) in [6.45, 7) is 0. The van der Waals surface area contributed by atoms with Gasteiger partial charge in [0, 0.05) is 10.6 Å². The van der Waals surface area contributed by atoms with Crippen molar-refractivity contribution in [2.24, 2.45) is 15.9 Å². The normalized spacial score (nSPS) is 20.6. The Labute approximate surface area is 132 Å². The number of amidine groups is 1. The number of nitrogens with two attached hydrogens (primary N) is 2. The number of aliphatic imine (C=N–C) groups is 1. The van der Waals surface area contributed by atoms with Crippen LogP contribution in [0.15, 0.2) is 52.4 Å². The molecule has 1 atom stereocenters. The minimum Gasteiger partial charge on any atom is -0.384 e. The maximum Gasteiger partial charge on any atom is 0.238 e. The van der Waals surface area contributed by atoms with Gasteiger partial charge in [-0.15, -0.1) is 0 Å². The van der Waals surface area contributed by atoms with Gasteiger partial charge in [0.1, 0.15) is 5.84 Å². The second kappa shape index (κ2) is 4.79. The van der Waals surface area contributed by atoms with Crippen LogP contribution in [-0.2, 0) is 15.6 Å². The number of primary sulfonamides is 1. The lowest BCUT2D eigenvalue weighted by Gasteiger charge is -2.25. The predicted molar refractivity (Wildman–Crippen MR) is 83.5 cm³/mol. The van der Waals surface area contributed by atoms with Gasteiger partial charge in [0.05, 0.1) is 10.6 Å². The molecular formula is C14H12ClN3O3S. The lowest BCUT2D eigenvalue weighted by atomic mass is 9.86. The molecular weight excluding hydrogens is 326 g/mol. The van der Waals surface area contributed by atoms with Crippen LogP contribution in [0.4, 0.5) is 5.69 Å². The topological polar surface area (TPSA) is 119 Å². The SMILES string of the molecule is NC1=Nc2ccc(Cl)cc2C1(O)c1ccc(S(N)(=O)=O)cc1. The van der Waals surface area contributed by atoms with E-state index in [-0.39, 0.29) is 10.7 Å². The second-order valence-electron chi connectivity index (χ2n) is 4.94. The Morgan fingerprint density at radius 2 is 1.77 bits per heavy atom. The molecule has 0 amide bonds. The molecule has 1 heterocycles. The van der Waals surface area contributed by atoms with Crippen molar-refractivity contribution in [2.75, 3.05) is 0 Å². The molecule has 0 saturated carbocycles. The van der Waals surface area contributed by atoms with Gasteiger partial charge in [-0.3, -0.25) is 0 Å². The first-order chi connectivity index (χ1) is 10.2. The molecule has 0 spiro atoms. The van der Waals surface area contributed by atoms with Crippen molar-refractivity contribution >= 4 is 33.1 Å². The number of hydrogen-bond acceptors (Lipinski definition) is 5. The molecule has 2 aromatic rings. The number of sulfonamides is 1. The van der Waals surface area contributed by atoms with Crippen LogP contribution < -0.4 is 10.9 Å². The second-order valence-corrected chi connectivity index (χ2v) is 6.94. The average molecular weight is 338 g/mol. The third-order valence-corrected chi connectivity index (χ3v) is 4.72. The lowest BCUT2D eigenvalue weighted by molar-refractivity contribution is 0.158. The van der Waals surface area contributed by atoms with E-state index >= 15 is 0 Å². The zero-order valence-electron chi connectivity index (χ0n) is 11.2. The monoisotopic (exact) mass is 337 g/mol. The number of benzene rings is 2. The Hall–Kier alpha value is -1.93. The van der Waals surface area contributed by atoms with Crippen molar-refractivity contribution in [3.8, 4) is 0 Å². The molecule has 0 bridgehead atoms. The van der Waals surface area contributed by atoms with Crippen molar-refractivity contribution in [1.29, 1.82) is 0 Å². The fourth-order valence-corrected chi connectivity index (χ4v) is 3.12. The van der Waals surface area contributed by atoms with Crippen molar-refractivity contribution in [3.63, 3.8) is 0 Å². The van der Waals surface area contributed by atoms with E-state index in [9.17, 15) is 13.5 Å². The zero-order chi connectivity index (χ0) is 16.1. The van der Waals surface area contributed by atoms with Crippen LogP contribution in [0.2, 0.25) is 5.02 Å². The molecule has 1 aliphatic heterocycles. The summed E-state index contributed by atoms with van der Waals surface area (Å²) < 4.78 is 22.6. The van der Waals surface area contributed by atoms with Gasteiger partial charge in [-0.1, -0.05) is 23.7 Å². The largest absolute Gasteiger partial charge is 0.384 e. The molecule has 2 aromatic carbocycles. The van der Waals surface area contributed by atoms with Gasteiger partial charge in [-0.2, -0.15) is 0 Å². The summed E-state index contributed by atoms with van der Waals surface area (Å²) in [5.41, 5.74) is 5.56. The van der Waals surface area contributed by atoms with Gasteiger partial charge in [-0.25, -0.2) is 18.5 Å². The third kappa shape index (κ3) is 2.19. The van der Waals surface area contributed by atoms with E-state index in [0.717, 1.165) is 0 Å². The number of nitrogens with zero attached hydrogens (tertiary/aromatic N) is 1. The van der Waals surface area contributed by atoms with Gasteiger partial charge in [0.15, 0.2) is 5.60 Å². The van der Waals surface area contributed by atoms with E-state index in [1.165, 1.54) is 24.3 Å². The van der Waals surface area contributed by atoms with Gasteiger partial charge < -0.3 is 10.8 Å². The van der Waals surface area contributed by atoms with Crippen molar-refractivity contribution in [1.82, 2.24) is 0 Å². The summed E-state index contributed by atoms with van der Waals surface area (Å²) in [5, 5.41) is 16.5. The molecule has 0 aliphatic carbocycles. The Morgan fingerprint density at radius 3 is 2.36 bits per heavy atom. The molecule has 3 rings (SSSR count). The quantitative estimate of drug-likeness (QED) is 0.763. The summed E-state index contributed by atoms with van der Waals surface area (Å²) in [5.74, 6) is -0.00637. The first-order valence-electron chi connectivity index (χ1n) is 6.23. The van der Waals surface area contributed by atoms with Gasteiger partial charge in [0.25, 0.3) is 0 Å². The van der Waals surface area contributed by atoms with Crippen LogP contribution in [0.25, 0.3) is 0 Å². The summed E-state index contributed by atoms with van der Waals surface area (Å²) >= 11 is 5.97. The van der Waals surface area contributed by atoms with E-state index in [1.807, 2.05) is 0 Å². The average Bonchev–Trinajstić information content (AvgIpc) is 2.71. The molecule has 114 valence electrons. The van der Waals surface area contributed by atoms with E-state index in [0.29, 0.717) is 21.8 Å². The van der Waals surface area contributed by atoms with Gasteiger partial charge >= 0.3 is 0 Å². The predicted octanol–water partition coefficient (Wildman–Crippen LogP) is 1.23. The molecule has 6 nitrogen and oxygen atoms in total. The van der Waals surface area contributed by atoms with Crippen LogP contribution in [0.3, 0.4) is 0 Å². The summed E-state index contributed by atoms with van der Waals surface area (Å²) in [4.78, 5) is 4.08. The molecule has 1 unspecified atom stereocenters. The van der Waals surface area contributed by atoms with Gasteiger partial charge in [0.2, 0.25) is 10.0 Å². The van der Waals surface area contributed by atoms with Crippen LogP contribution in [0.5, 0.6) is 0 Å². The van der Waals surface area contributed by atoms with Crippen LogP contribution in [-0.4, -0.2) is 19.4 Å². The van der Waals surface area contributed by atoms with Crippen molar-refractivity contribution in [3.05, 3.63) is 58.6 Å². The van der Waals surface area contributed by atoms with E-state index < -0.39 is 15.6 Å². The highest BCUT2D eigenvalue weighted by Crippen LogP contribution is 2.42. The molecule has 0 aromatic heterocycles. The first kappa shape index (κ1) is 15.0. The highest BCUT2D eigenvalue weighted by atomic mass is 35.5. The van der Waals surface area contributed by atoms with E-state index in [1.54, 1.807) is 18.2 Å². The Morgan fingerprint density at radius 1 is 1.14 bits per heavy atom. The van der Waals surface area contributed by atoms with E-state index in [4.69, 9.17) is 22.5 Å². The Bertz CT molecular complexity index is 894. The molecule has 0 fully saturated rings. The molecule has 8 heteroatoms. The third-order valence-electron chi connectivity index (χ3n) is 3.56. The summed E-state index contributed by atoms with van der Waals surface area (Å²) in [6, 6.07) is 10.4. The van der Waals surface area contributed by atoms with Crippen molar-refractivity contribution in [2.45, 2.75) is 10.5 Å². The number of aliphatic hydroxyl groups is 1.